The molecule has 0 bridgehead atoms. The maximum absolute atomic E-state index is 11.9. The van der Waals surface area contributed by atoms with Crippen molar-refractivity contribution in [1.82, 2.24) is 0 Å². The number of benzene rings is 2. The number of ether oxygens (including phenoxy) is 2. The summed E-state index contributed by atoms with van der Waals surface area (Å²) in [6, 6.07) is 12.7. The SMILES string of the molecule is C=Cc1ccc(-c2ccc(OC(=O)C(=C)C)c(OC(=O)C(=C)C)c2)cc1. The molecule has 0 aliphatic heterocycles. The summed E-state index contributed by atoms with van der Waals surface area (Å²) in [5, 5.41) is 0. The lowest BCUT2D eigenvalue weighted by atomic mass is 10.0. The first-order valence-corrected chi connectivity index (χ1v) is 7.94. The van der Waals surface area contributed by atoms with Crippen molar-refractivity contribution < 1.29 is 19.1 Å². The fourth-order valence-electron chi connectivity index (χ4n) is 2.04. The first kappa shape index (κ1) is 18.9. The molecule has 2 aromatic rings. The number of esters is 2. The molecule has 2 rings (SSSR count). The van der Waals surface area contributed by atoms with Crippen molar-refractivity contribution in [2.45, 2.75) is 13.8 Å². The number of hydrogen-bond donors (Lipinski definition) is 0. The maximum Gasteiger partial charge on any atom is 0.338 e. The van der Waals surface area contributed by atoms with Crippen LogP contribution in [0.2, 0.25) is 0 Å². The normalized spacial score (nSPS) is 9.92. The molecule has 0 N–H and O–H groups in total. The summed E-state index contributed by atoms with van der Waals surface area (Å²) in [6.07, 6.45) is 1.75. The first-order chi connectivity index (χ1) is 12.3. The van der Waals surface area contributed by atoms with E-state index in [1.54, 1.807) is 31.2 Å². The van der Waals surface area contributed by atoms with Gasteiger partial charge >= 0.3 is 11.9 Å². The molecular weight excluding hydrogens is 328 g/mol. The lowest BCUT2D eigenvalue weighted by molar-refractivity contribution is -0.132. The molecule has 0 aromatic heterocycles. The van der Waals surface area contributed by atoms with Gasteiger partial charge in [-0.25, -0.2) is 9.59 Å². The van der Waals surface area contributed by atoms with Crippen LogP contribution < -0.4 is 9.47 Å². The van der Waals surface area contributed by atoms with Gasteiger partial charge in [0.05, 0.1) is 0 Å². The van der Waals surface area contributed by atoms with Crippen molar-refractivity contribution in [3.05, 3.63) is 78.9 Å². The van der Waals surface area contributed by atoms with Crippen molar-refractivity contribution >= 4 is 18.0 Å². The van der Waals surface area contributed by atoms with Crippen LogP contribution in [-0.2, 0) is 9.59 Å². The van der Waals surface area contributed by atoms with Crippen molar-refractivity contribution in [2.24, 2.45) is 0 Å². The van der Waals surface area contributed by atoms with Crippen LogP contribution in [0.3, 0.4) is 0 Å². The Labute approximate surface area is 153 Å². The van der Waals surface area contributed by atoms with E-state index in [2.05, 4.69) is 19.7 Å². The molecule has 132 valence electrons. The van der Waals surface area contributed by atoms with Gasteiger partial charge in [0.1, 0.15) is 0 Å². The minimum Gasteiger partial charge on any atom is -0.419 e. The summed E-state index contributed by atoms with van der Waals surface area (Å²) in [4.78, 5) is 23.7. The second kappa shape index (κ2) is 8.12. The van der Waals surface area contributed by atoms with Gasteiger partial charge in [0.15, 0.2) is 11.5 Å². The van der Waals surface area contributed by atoms with Gasteiger partial charge in [-0.3, -0.25) is 0 Å². The highest BCUT2D eigenvalue weighted by Crippen LogP contribution is 2.34. The molecule has 0 saturated carbocycles. The molecule has 0 amide bonds. The molecule has 0 fully saturated rings. The Bertz CT molecular complexity index is 889. The lowest BCUT2D eigenvalue weighted by Gasteiger charge is -2.12. The van der Waals surface area contributed by atoms with Gasteiger partial charge in [-0.2, -0.15) is 0 Å². The van der Waals surface area contributed by atoms with E-state index < -0.39 is 11.9 Å². The Balaban J connectivity index is 2.44. The smallest absolute Gasteiger partial charge is 0.338 e. The highest BCUT2D eigenvalue weighted by molar-refractivity contribution is 5.91. The van der Waals surface area contributed by atoms with E-state index in [9.17, 15) is 9.59 Å². The molecule has 0 unspecified atom stereocenters. The van der Waals surface area contributed by atoms with Gasteiger partial charge in [-0.05, 0) is 42.7 Å². The van der Waals surface area contributed by atoms with E-state index in [0.717, 1.165) is 16.7 Å². The Morgan fingerprint density at radius 2 is 1.31 bits per heavy atom. The van der Waals surface area contributed by atoms with Gasteiger partial charge < -0.3 is 9.47 Å². The quantitative estimate of drug-likeness (QED) is 0.421. The summed E-state index contributed by atoms with van der Waals surface area (Å²) in [5.41, 5.74) is 3.20. The summed E-state index contributed by atoms with van der Waals surface area (Å²) in [5.74, 6) is -0.922. The minimum atomic E-state index is -0.600. The average molecular weight is 348 g/mol. The molecule has 0 radical (unpaired) electrons. The van der Waals surface area contributed by atoms with E-state index in [4.69, 9.17) is 9.47 Å². The third kappa shape index (κ3) is 4.57. The zero-order valence-corrected chi connectivity index (χ0v) is 14.9. The Hall–Kier alpha value is -3.40. The number of carbonyl (C=O) groups is 2. The molecule has 0 saturated heterocycles. The highest BCUT2D eigenvalue weighted by Gasteiger charge is 2.16. The first-order valence-electron chi connectivity index (χ1n) is 7.94. The van der Waals surface area contributed by atoms with Gasteiger partial charge in [0, 0.05) is 11.1 Å². The third-order valence-corrected chi connectivity index (χ3v) is 3.53. The molecule has 0 aliphatic carbocycles. The predicted molar refractivity (Wildman–Crippen MR) is 103 cm³/mol. The van der Waals surface area contributed by atoms with Gasteiger partial charge in [0.25, 0.3) is 0 Å². The van der Waals surface area contributed by atoms with Crippen LogP contribution in [0, 0.1) is 0 Å². The van der Waals surface area contributed by atoms with Crippen LogP contribution in [0.25, 0.3) is 17.2 Å². The number of rotatable bonds is 6. The molecule has 0 atom stereocenters. The van der Waals surface area contributed by atoms with E-state index in [1.165, 1.54) is 6.92 Å². The molecule has 0 heterocycles. The van der Waals surface area contributed by atoms with Crippen LogP contribution in [0.4, 0.5) is 0 Å². The molecule has 4 heteroatoms. The van der Waals surface area contributed by atoms with E-state index in [1.807, 2.05) is 24.3 Å². The second-order valence-electron chi connectivity index (χ2n) is 5.83. The molecule has 0 spiro atoms. The number of carbonyl (C=O) groups excluding carboxylic acids is 2. The third-order valence-electron chi connectivity index (χ3n) is 3.53. The largest absolute Gasteiger partial charge is 0.419 e. The van der Waals surface area contributed by atoms with Crippen LogP contribution in [-0.4, -0.2) is 11.9 Å². The Kier molecular flexibility index (Phi) is 5.91. The minimum absolute atomic E-state index is 0.137. The predicted octanol–water partition coefficient (Wildman–Crippen LogP) is 4.96. The zero-order chi connectivity index (χ0) is 19.3. The summed E-state index contributed by atoms with van der Waals surface area (Å²) < 4.78 is 10.6. The molecule has 0 aliphatic rings. The fourth-order valence-corrected chi connectivity index (χ4v) is 2.04. The van der Waals surface area contributed by atoms with Crippen LogP contribution in [0.1, 0.15) is 19.4 Å². The lowest BCUT2D eigenvalue weighted by Crippen LogP contribution is -2.12. The van der Waals surface area contributed by atoms with Crippen molar-refractivity contribution in [3.63, 3.8) is 0 Å². The number of hydrogen-bond acceptors (Lipinski definition) is 4. The van der Waals surface area contributed by atoms with Crippen molar-refractivity contribution in [1.29, 1.82) is 0 Å². The topological polar surface area (TPSA) is 52.6 Å². The van der Waals surface area contributed by atoms with E-state index in [-0.39, 0.29) is 22.6 Å². The molecule has 2 aromatic carbocycles. The Morgan fingerprint density at radius 1 is 0.808 bits per heavy atom. The molecule has 26 heavy (non-hydrogen) atoms. The zero-order valence-electron chi connectivity index (χ0n) is 14.9. The van der Waals surface area contributed by atoms with Crippen LogP contribution in [0.5, 0.6) is 11.5 Å². The van der Waals surface area contributed by atoms with E-state index >= 15 is 0 Å². The summed E-state index contributed by atoms with van der Waals surface area (Å²) in [6.45, 7) is 13.9. The monoisotopic (exact) mass is 348 g/mol. The molecular formula is C22H20O4. The van der Waals surface area contributed by atoms with Crippen LogP contribution >= 0.6 is 0 Å². The van der Waals surface area contributed by atoms with Gasteiger partial charge in [-0.15, -0.1) is 0 Å². The summed E-state index contributed by atoms with van der Waals surface area (Å²) >= 11 is 0. The molecule has 4 nitrogen and oxygen atoms in total. The van der Waals surface area contributed by atoms with E-state index in [0.29, 0.717) is 0 Å². The van der Waals surface area contributed by atoms with Crippen molar-refractivity contribution in [2.75, 3.05) is 0 Å². The highest BCUT2D eigenvalue weighted by atomic mass is 16.6. The average Bonchev–Trinajstić information content (AvgIpc) is 2.62. The summed E-state index contributed by atoms with van der Waals surface area (Å²) in [7, 11) is 0. The van der Waals surface area contributed by atoms with Gasteiger partial charge in [0.2, 0.25) is 0 Å². The van der Waals surface area contributed by atoms with Gasteiger partial charge in [-0.1, -0.05) is 56.1 Å². The van der Waals surface area contributed by atoms with Crippen molar-refractivity contribution in [3.8, 4) is 22.6 Å². The second-order valence-corrected chi connectivity index (χ2v) is 5.83. The maximum atomic E-state index is 11.9. The fraction of sp³-hybridized carbons (Fsp3) is 0.0909. The Morgan fingerprint density at radius 3 is 1.81 bits per heavy atom. The standard InChI is InChI=1S/C22H20O4/c1-6-16-7-9-17(10-8-16)18-11-12-19(25-21(23)14(2)3)20(13-18)26-22(24)15(4)5/h6-13H,1-2,4H2,3,5H3. The van der Waals surface area contributed by atoms with Crippen LogP contribution in [0.15, 0.2) is 73.3 Å².